The molecule has 1 aromatic heterocycles. The second-order valence-corrected chi connectivity index (χ2v) is 15.5. The summed E-state index contributed by atoms with van der Waals surface area (Å²) in [6.45, 7) is 7.08. The van der Waals surface area contributed by atoms with Gasteiger partial charge in [0.05, 0.1) is 43.0 Å². The van der Waals surface area contributed by atoms with Crippen LogP contribution in [0, 0.1) is 34.0 Å². The van der Waals surface area contributed by atoms with E-state index >= 15 is 0 Å². The van der Waals surface area contributed by atoms with Crippen molar-refractivity contribution in [1.29, 1.82) is 0 Å². The molecule has 6 fully saturated rings. The van der Waals surface area contributed by atoms with Gasteiger partial charge in [-0.2, -0.15) is 0 Å². The van der Waals surface area contributed by atoms with E-state index in [-0.39, 0.29) is 49.6 Å². The number of carbonyl (C=O) groups is 3. The smallest absolute Gasteiger partial charge is 0.339 e. The lowest BCUT2D eigenvalue weighted by molar-refractivity contribution is -0.252. The minimum atomic E-state index is -1.47. The first kappa shape index (κ1) is 32.2. The predicted molar refractivity (Wildman–Crippen MR) is 157 cm³/mol. The highest BCUT2D eigenvalue weighted by atomic mass is 16.7. The van der Waals surface area contributed by atoms with Gasteiger partial charge < -0.3 is 43.8 Å². The maximum Gasteiger partial charge on any atom is 0.339 e. The third-order valence-corrected chi connectivity index (χ3v) is 13.1. The fourth-order valence-corrected chi connectivity index (χ4v) is 11.1. The van der Waals surface area contributed by atoms with Crippen LogP contribution < -0.4 is 0 Å². The van der Waals surface area contributed by atoms with Crippen LogP contribution >= 0.6 is 0 Å². The highest BCUT2D eigenvalue weighted by molar-refractivity contribution is 5.92. The van der Waals surface area contributed by atoms with Gasteiger partial charge in [-0.1, -0.05) is 20.3 Å². The quantitative estimate of drug-likeness (QED) is 0.173. The van der Waals surface area contributed by atoms with E-state index in [1.54, 1.807) is 6.07 Å². The molecule has 0 radical (unpaired) electrons. The van der Waals surface area contributed by atoms with Crippen LogP contribution in [0.25, 0.3) is 0 Å². The molecule has 4 N–H and O–H groups in total. The van der Waals surface area contributed by atoms with E-state index in [0.717, 1.165) is 0 Å². The van der Waals surface area contributed by atoms with E-state index < -0.39 is 76.5 Å². The van der Waals surface area contributed by atoms with E-state index in [1.807, 2.05) is 27.7 Å². The van der Waals surface area contributed by atoms with E-state index in [2.05, 4.69) is 0 Å². The minimum Gasteiger partial charge on any atom is -0.469 e. The molecule has 1 aromatic rings. The van der Waals surface area contributed by atoms with Crippen molar-refractivity contribution in [3.63, 3.8) is 0 Å². The lowest BCUT2D eigenvalue weighted by atomic mass is 9.36. The number of rotatable bonds is 9. The molecule has 4 saturated heterocycles. The Balaban J connectivity index is 1.29. The Labute approximate surface area is 267 Å². The van der Waals surface area contributed by atoms with Crippen molar-refractivity contribution in [2.75, 3.05) is 19.8 Å². The molecular weight excluding hydrogens is 600 g/mol. The Morgan fingerprint density at radius 3 is 2.52 bits per heavy atom. The third-order valence-electron chi connectivity index (χ3n) is 13.1. The molecule has 2 aliphatic carbocycles. The van der Waals surface area contributed by atoms with Crippen LogP contribution in [-0.4, -0.2) is 93.6 Å². The van der Waals surface area contributed by atoms with Crippen LogP contribution in [0.5, 0.6) is 0 Å². The number of epoxide rings is 1. The number of aliphatic hydroxyl groups excluding tert-OH is 4. The van der Waals surface area contributed by atoms with Gasteiger partial charge in [0.15, 0.2) is 11.9 Å². The van der Waals surface area contributed by atoms with Gasteiger partial charge >= 0.3 is 11.9 Å². The summed E-state index contributed by atoms with van der Waals surface area (Å²) in [5.41, 5.74) is -4.62. The van der Waals surface area contributed by atoms with Crippen LogP contribution in [-0.2, 0) is 39.8 Å². The topological polar surface area (TPSA) is 185 Å². The molecule has 5 heterocycles. The summed E-state index contributed by atoms with van der Waals surface area (Å²) in [7, 11) is 0. The van der Waals surface area contributed by atoms with Gasteiger partial charge in [0.2, 0.25) is 0 Å². The van der Waals surface area contributed by atoms with Crippen LogP contribution in [0.3, 0.4) is 0 Å². The maximum atomic E-state index is 14.4. The van der Waals surface area contributed by atoms with Gasteiger partial charge in [0, 0.05) is 34.8 Å². The molecule has 12 nitrogen and oxygen atoms in total. The summed E-state index contributed by atoms with van der Waals surface area (Å²) < 4.78 is 30.7. The zero-order chi connectivity index (χ0) is 33.0. The van der Waals surface area contributed by atoms with Crippen molar-refractivity contribution in [1.82, 2.24) is 0 Å². The van der Waals surface area contributed by atoms with Crippen LogP contribution in [0.4, 0.5) is 0 Å². The average molecular weight is 647 g/mol. The van der Waals surface area contributed by atoms with Crippen LogP contribution in [0.15, 0.2) is 16.7 Å². The Bertz CT molecular complexity index is 1420. The average Bonchev–Trinajstić information content (AvgIpc) is 3.56. The van der Waals surface area contributed by atoms with Gasteiger partial charge in [-0.15, -0.1) is 0 Å². The summed E-state index contributed by atoms with van der Waals surface area (Å²) in [6, 6.07) is 1.75. The van der Waals surface area contributed by atoms with Crippen molar-refractivity contribution in [2.24, 2.45) is 34.0 Å². The van der Waals surface area contributed by atoms with Crippen molar-refractivity contribution < 1.29 is 58.2 Å². The highest BCUT2D eigenvalue weighted by Crippen LogP contribution is 2.80. The van der Waals surface area contributed by atoms with Gasteiger partial charge in [-0.25, -0.2) is 4.79 Å². The number of furan rings is 1. The van der Waals surface area contributed by atoms with E-state index in [9.17, 15) is 34.8 Å². The van der Waals surface area contributed by atoms with Gasteiger partial charge in [0.1, 0.15) is 30.2 Å². The minimum absolute atomic E-state index is 0.00659. The zero-order valence-corrected chi connectivity index (χ0v) is 26.9. The molecule has 254 valence electrons. The molecule has 2 saturated carbocycles. The normalized spacial score (nSPS) is 44.9. The number of fused-ring (bicyclic) bond motifs is 1. The Hall–Kier alpha value is -2.35. The van der Waals surface area contributed by atoms with Crippen molar-refractivity contribution in [3.8, 4) is 0 Å². The predicted octanol–water partition coefficient (Wildman–Crippen LogP) is 1.78. The fourth-order valence-electron chi connectivity index (χ4n) is 11.1. The SMILES string of the molecule is CC1(C)O[C@H]2CC(=O)OC[C@]23[C@H]1C(=O)[C@@H](O)[C@]1(C)[C@H]3CC[C@@]2(C)[C@H](c3ccoc3C[C@H](CCCCO)[C@H](O)CO)OC(=O)[C@H]3O[C@]312. The van der Waals surface area contributed by atoms with Crippen molar-refractivity contribution >= 4 is 17.7 Å². The number of hydrogen-bond acceptors (Lipinski definition) is 12. The molecule has 2 spiro atoms. The van der Waals surface area contributed by atoms with Crippen molar-refractivity contribution in [3.05, 3.63) is 23.7 Å². The van der Waals surface area contributed by atoms with Gasteiger partial charge in [0.25, 0.3) is 0 Å². The number of ketones is 1. The number of hydrogen-bond donors (Lipinski definition) is 4. The van der Waals surface area contributed by atoms with Crippen LogP contribution in [0.2, 0.25) is 0 Å². The molecule has 12 atom stereocenters. The summed E-state index contributed by atoms with van der Waals surface area (Å²) in [5.74, 6) is -2.31. The summed E-state index contributed by atoms with van der Waals surface area (Å²) in [4.78, 5) is 40.6. The number of unbranched alkanes of at least 4 members (excludes halogenated alkanes) is 1. The van der Waals surface area contributed by atoms with E-state index in [4.69, 9.17) is 23.4 Å². The molecule has 0 bridgehead atoms. The second-order valence-electron chi connectivity index (χ2n) is 15.5. The molecule has 4 aliphatic heterocycles. The van der Waals surface area contributed by atoms with Gasteiger partial charge in [-0.05, 0) is 57.4 Å². The second kappa shape index (κ2) is 10.6. The zero-order valence-electron chi connectivity index (χ0n) is 26.9. The third kappa shape index (κ3) is 3.91. The lowest BCUT2D eigenvalue weighted by Crippen LogP contribution is -2.76. The molecule has 0 unspecified atom stereocenters. The van der Waals surface area contributed by atoms with E-state index in [1.165, 1.54) is 6.26 Å². The maximum absolute atomic E-state index is 14.4. The monoisotopic (exact) mass is 646 g/mol. The standard InChI is InChI=1S/C34H46O12/c1-30(2)25-24(39)26(40)32(4)21(33(25)16-43-23(38)14-22(33)45-30)8-10-31(3)27(44-29(41)28-34(31,32)46-28)18-9-12-42-20(18)13-17(19(37)15-36)7-5-6-11-35/h9,12,17,19,21-22,25-28,35-37,40H,5-8,10-11,13-16H2,1-4H3/t17-,19+,21+,22-,25-,26+,27-,28+,31-,32-,33+,34-/m0/s1. The molecule has 6 aliphatic rings. The Morgan fingerprint density at radius 1 is 1.04 bits per heavy atom. The molecule has 46 heavy (non-hydrogen) atoms. The number of esters is 2. The molecule has 0 amide bonds. The first-order chi connectivity index (χ1) is 21.7. The number of cyclic esters (lactones) is 2. The first-order valence-electron chi connectivity index (χ1n) is 16.6. The molecule has 7 rings (SSSR count). The first-order valence-corrected chi connectivity index (χ1v) is 16.6. The largest absolute Gasteiger partial charge is 0.469 e. The van der Waals surface area contributed by atoms with Crippen LogP contribution in [0.1, 0.15) is 83.6 Å². The van der Waals surface area contributed by atoms with Crippen molar-refractivity contribution in [2.45, 2.75) is 114 Å². The summed E-state index contributed by atoms with van der Waals surface area (Å²) >= 11 is 0. The summed E-state index contributed by atoms with van der Waals surface area (Å²) in [6.07, 6.45) is -0.312. The van der Waals surface area contributed by atoms with Gasteiger partial charge in [-0.3, -0.25) is 9.59 Å². The number of aliphatic hydroxyl groups is 4. The number of ether oxygens (including phenoxy) is 4. The van der Waals surface area contributed by atoms with E-state index in [0.29, 0.717) is 43.4 Å². The lowest BCUT2D eigenvalue weighted by Gasteiger charge is -2.66. The fraction of sp³-hybridized carbons (Fsp3) is 0.794. The Morgan fingerprint density at radius 2 is 1.80 bits per heavy atom. The molecular formula is C34H46O12. The highest BCUT2D eigenvalue weighted by Gasteiger charge is 2.90. The summed E-state index contributed by atoms with van der Waals surface area (Å²) in [5, 5.41) is 41.8. The number of Topliss-reactive ketones (excluding diaryl/α,β-unsaturated/α-hetero) is 1. The molecule has 12 heteroatoms. The Kier molecular flexibility index (Phi) is 7.40. The number of carbonyl (C=O) groups excluding carboxylic acids is 3. The molecule has 0 aromatic carbocycles.